The molecule has 1 atom stereocenters. The van der Waals surface area contributed by atoms with Gasteiger partial charge in [-0.2, -0.15) is 0 Å². The van der Waals surface area contributed by atoms with E-state index in [4.69, 9.17) is 25.9 Å². The third kappa shape index (κ3) is 5.14. The van der Waals surface area contributed by atoms with E-state index in [9.17, 15) is 14.4 Å². The van der Waals surface area contributed by atoms with Crippen LogP contribution >= 0.6 is 11.6 Å². The molecule has 2 aromatic rings. The molecule has 162 valence electrons. The summed E-state index contributed by atoms with van der Waals surface area (Å²) in [6.45, 7) is 4.04. The predicted octanol–water partition coefficient (Wildman–Crippen LogP) is 3.78. The quantitative estimate of drug-likeness (QED) is 0.641. The number of rotatable bonds is 7. The van der Waals surface area contributed by atoms with Crippen LogP contribution in [0.1, 0.15) is 45.1 Å². The zero-order chi connectivity index (χ0) is 21.8. The van der Waals surface area contributed by atoms with Crippen LogP contribution in [-0.4, -0.2) is 29.6 Å². The number of hydrogen-bond donors (Lipinski definition) is 2. The number of halogens is 1. The maximum absolute atomic E-state index is 12.4. The Balaban J connectivity index is 1.61. The third-order valence-corrected chi connectivity index (χ3v) is 5.99. The van der Waals surface area contributed by atoms with E-state index in [0.29, 0.717) is 36.4 Å². The summed E-state index contributed by atoms with van der Waals surface area (Å²) in [6.07, 6.45) is 2.70. The number of carboxylic acid groups (broad SMARTS) is 1. The zero-order valence-electron chi connectivity index (χ0n) is 17.1. The summed E-state index contributed by atoms with van der Waals surface area (Å²) < 4.78 is 11.0. The minimum Gasteiger partial charge on any atom is -0.481 e. The third-order valence-electron chi connectivity index (χ3n) is 5.70. The van der Waals surface area contributed by atoms with Crippen LogP contribution in [0.25, 0.3) is 11.0 Å². The normalized spacial score (nSPS) is 20.0. The largest absolute Gasteiger partial charge is 0.481 e. The molecule has 0 spiro atoms. The lowest BCUT2D eigenvalue weighted by Gasteiger charge is -2.26. The van der Waals surface area contributed by atoms with Crippen LogP contribution < -0.4 is 15.7 Å². The van der Waals surface area contributed by atoms with E-state index in [0.717, 1.165) is 23.8 Å². The number of amides is 1. The van der Waals surface area contributed by atoms with Gasteiger partial charge in [-0.1, -0.05) is 18.5 Å². The molecule has 1 aromatic carbocycles. The van der Waals surface area contributed by atoms with Crippen LogP contribution in [0.15, 0.2) is 27.4 Å². The van der Waals surface area contributed by atoms with Crippen molar-refractivity contribution >= 4 is 34.4 Å². The topological polar surface area (TPSA) is 106 Å². The Bertz CT molecular complexity index is 993. The zero-order valence-corrected chi connectivity index (χ0v) is 17.8. The fraction of sp³-hybridized carbons (Fsp3) is 0.500. The van der Waals surface area contributed by atoms with Crippen LogP contribution in [0.2, 0.25) is 5.02 Å². The molecule has 1 amide bonds. The van der Waals surface area contributed by atoms with Crippen molar-refractivity contribution in [3.8, 4) is 5.75 Å². The lowest BCUT2D eigenvalue weighted by molar-refractivity contribution is -0.143. The summed E-state index contributed by atoms with van der Waals surface area (Å²) in [6, 6.07) is 4.66. The molecule has 2 N–H and O–H groups in total. The Morgan fingerprint density at radius 1 is 1.27 bits per heavy atom. The minimum atomic E-state index is -0.795. The molecule has 1 saturated carbocycles. The second-order valence-corrected chi connectivity index (χ2v) is 8.19. The first-order valence-corrected chi connectivity index (χ1v) is 10.6. The highest BCUT2D eigenvalue weighted by molar-refractivity contribution is 6.32. The summed E-state index contributed by atoms with van der Waals surface area (Å²) in [4.78, 5) is 35.2. The molecule has 0 radical (unpaired) electrons. The first-order valence-electron chi connectivity index (χ1n) is 10.2. The van der Waals surface area contributed by atoms with Crippen LogP contribution in [0.5, 0.6) is 5.75 Å². The van der Waals surface area contributed by atoms with E-state index >= 15 is 0 Å². The van der Waals surface area contributed by atoms with Gasteiger partial charge in [-0.05, 0) is 56.6 Å². The van der Waals surface area contributed by atoms with Gasteiger partial charge in [0.25, 0.3) is 5.91 Å². The van der Waals surface area contributed by atoms with Gasteiger partial charge in [0.1, 0.15) is 11.3 Å². The van der Waals surface area contributed by atoms with Gasteiger partial charge in [-0.15, -0.1) is 0 Å². The van der Waals surface area contributed by atoms with Crippen LogP contribution in [0.3, 0.4) is 0 Å². The Hall–Kier alpha value is -2.54. The summed E-state index contributed by atoms with van der Waals surface area (Å²) >= 11 is 6.33. The highest BCUT2D eigenvalue weighted by Crippen LogP contribution is 2.32. The van der Waals surface area contributed by atoms with Gasteiger partial charge in [0, 0.05) is 24.1 Å². The van der Waals surface area contributed by atoms with E-state index in [1.165, 1.54) is 12.1 Å². The predicted molar refractivity (Wildman–Crippen MR) is 113 cm³/mol. The molecule has 0 saturated heterocycles. The molecule has 8 heteroatoms. The first-order chi connectivity index (χ1) is 14.3. The maximum atomic E-state index is 12.4. The number of aryl methyl sites for hydroxylation is 1. The van der Waals surface area contributed by atoms with E-state index in [2.05, 4.69) is 5.32 Å². The van der Waals surface area contributed by atoms with Crippen LogP contribution in [0.4, 0.5) is 0 Å². The van der Waals surface area contributed by atoms with Crippen molar-refractivity contribution in [2.75, 3.05) is 6.54 Å². The van der Waals surface area contributed by atoms with Gasteiger partial charge in [0.2, 0.25) is 0 Å². The molecule has 1 aliphatic carbocycles. The van der Waals surface area contributed by atoms with Crippen molar-refractivity contribution in [3.05, 3.63) is 39.2 Å². The van der Waals surface area contributed by atoms with Crippen molar-refractivity contribution in [1.82, 2.24) is 5.32 Å². The van der Waals surface area contributed by atoms with Crippen LogP contribution in [0, 0.1) is 11.8 Å². The van der Waals surface area contributed by atoms with E-state index in [1.54, 1.807) is 13.0 Å². The molecule has 1 aliphatic rings. The maximum Gasteiger partial charge on any atom is 0.336 e. The van der Waals surface area contributed by atoms with Gasteiger partial charge in [-0.25, -0.2) is 4.79 Å². The Labute approximate surface area is 179 Å². The van der Waals surface area contributed by atoms with Crippen molar-refractivity contribution in [3.63, 3.8) is 0 Å². The number of nitrogens with one attached hydrogen (secondary N) is 1. The van der Waals surface area contributed by atoms with Gasteiger partial charge in [0.05, 0.1) is 10.9 Å². The van der Waals surface area contributed by atoms with Crippen LogP contribution in [-0.2, 0) is 16.0 Å². The fourth-order valence-corrected chi connectivity index (χ4v) is 4.07. The molecule has 1 aromatic heterocycles. The Kier molecular flexibility index (Phi) is 7.02. The molecule has 3 rings (SSSR count). The van der Waals surface area contributed by atoms with Crippen molar-refractivity contribution < 1.29 is 23.8 Å². The van der Waals surface area contributed by atoms with E-state index < -0.39 is 17.7 Å². The standard InChI is InChI=1S/C22H26ClNO6/c1-3-14-8-20(25)30-18-10-19(17(23)9-16(14)18)29-12(2)21(26)24-11-13-4-6-15(7-5-13)22(27)28/h8-10,12-13,15H,3-7,11H2,1-2H3,(H,24,26)(H,27,28)/t12-,13?,15?/m1/s1. The number of carboxylic acids is 1. The van der Waals surface area contributed by atoms with Gasteiger partial charge < -0.3 is 19.6 Å². The van der Waals surface area contributed by atoms with Crippen molar-refractivity contribution in [2.45, 2.75) is 52.1 Å². The number of benzene rings is 1. The molecule has 30 heavy (non-hydrogen) atoms. The number of fused-ring (bicyclic) bond motifs is 1. The lowest BCUT2D eigenvalue weighted by atomic mass is 9.82. The highest BCUT2D eigenvalue weighted by Gasteiger charge is 2.26. The lowest BCUT2D eigenvalue weighted by Crippen LogP contribution is -2.39. The number of carbonyl (C=O) groups is 2. The van der Waals surface area contributed by atoms with E-state index in [1.807, 2.05) is 6.92 Å². The summed E-state index contributed by atoms with van der Waals surface area (Å²) in [5.74, 6) is -0.764. The molecule has 7 nitrogen and oxygen atoms in total. The number of aliphatic carboxylic acids is 1. The Morgan fingerprint density at radius 2 is 1.97 bits per heavy atom. The molecule has 1 heterocycles. The van der Waals surface area contributed by atoms with E-state index in [-0.39, 0.29) is 23.5 Å². The average molecular weight is 436 g/mol. The van der Waals surface area contributed by atoms with Gasteiger partial charge in [0.15, 0.2) is 6.10 Å². The molecule has 0 unspecified atom stereocenters. The molecular weight excluding hydrogens is 410 g/mol. The molecule has 0 bridgehead atoms. The smallest absolute Gasteiger partial charge is 0.336 e. The number of ether oxygens (including phenoxy) is 1. The van der Waals surface area contributed by atoms with Gasteiger partial charge >= 0.3 is 11.6 Å². The molecular formula is C22H26ClNO6. The fourth-order valence-electron chi connectivity index (χ4n) is 3.86. The van der Waals surface area contributed by atoms with Gasteiger partial charge in [-0.3, -0.25) is 9.59 Å². The first kappa shape index (κ1) is 22.2. The Morgan fingerprint density at radius 3 is 2.60 bits per heavy atom. The minimum absolute atomic E-state index is 0.266. The summed E-state index contributed by atoms with van der Waals surface area (Å²) in [5, 5.41) is 13.0. The summed E-state index contributed by atoms with van der Waals surface area (Å²) in [5.41, 5.74) is 0.746. The second kappa shape index (κ2) is 9.51. The summed E-state index contributed by atoms with van der Waals surface area (Å²) in [7, 11) is 0. The van der Waals surface area contributed by atoms with Crippen molar-refractivity contribution in [1.29, 1.82) is 0 Å². The average Bonchev–Trinajstić information content (AvgIpc) is 2.72. The van der Waals surface area contributed by atoms with Crippen molar-refractivity contribution in [2.24, 2.45) is 11.8 Å². The molecule has 1 fully saturated rings. The number of carbonyl (C=O) groups excluding carboxylic acids is 1. The SMILES string of the molecule is CCc1cc(=O)oc2cc(O[C@H](C)C(=O)NCC3CCC(C(=O)O)CC3)c(Cl)cc12. The number of hydrogen-bond acceptors (Lipinski definition) is 5. The highest BCUT2D eigenvalue weighted by atomic mass is 35.5. The second-order valence-electron chi connectivity index (χ2n) is 7.78. The molecule has 0 aliphatic heterocycles. The monoisotopic (exact) mass is 435 g/mol.